The van der Waals surface area contributed by atoms with Crippen LogP contribution in [-0.4, -0.2) is 35.5 Å². The highest BCUT2D eigenvalue weighted by molar-refractivity contribution is 7.12. The van der Waals surface area contributed by atoms with Crippen molar-refractivity contribution in [2.75, 3.05) is 13.7 Å². The lowest BCUT2D eigenvalue weighted by atomic mass is 10.3. The van der Waals surface area contributed by atoms with Crippen LogP contribution in [0.1, 0.15) is 15.2 Å². The molecule has 0 fully saturated rings. The van der Waals surface area contributed by atoms with Gasteiger partial charge in [0, 0.05) is 13.6 Å². The number of hydrogen-bond acceptors (Lipinski definition) is 5. The molecule has 0 bridgehead atoms. The van der Waals surface area contributed by atoms with E-state index in [2.05, 4.69) is 0 Å². The molecule has 0 aromatic carbocycles. The largest absolute Gasteiger partial charge is 0.482 e. The van der Waals surface area contributed by atoms with Gasteiger partial charge in [0.25, 0.3) is 5.91 Å². The second-order valence-electron chi connectivity index (χ2n) is 4.09. The fourth-order valence-corrected chi connectivity index (χ4v) is 2.89. The summed E-state index contributed by atoms with van der Waals surface area (Å²) in [5, 5.41) is 14.5. The van der Waals surface area contributed by atoms with Gasteiger partial charge in [-0.05, 0) is 33.8 Å². The zero-order valence-corrected chi connectivity index (χ0v) is 12.4. The van der Waals surface area contributed by atoms with Crippen molar-refractivity contribution < 1.29 is 19.4 Å². The molecule has 0 radical (unpaired) electrons. The molecule has 2 rings (SSSR count). The van der Waals surface area contributed by atoms with Gasteiger partial charge in [0.15, 0.2) is 11.5 Å². The summed E-state index contributed by atoms with van der Waals surface area (Å²) in [7, 11) is 1.69. The molecule has 0 aliphatic rings. The van der Waals surface area contributed by atoms with Crippen molar-refractivity contribution >= 4 is 34.6 Å². The smallest absolute Gasteiger partial charge is 0.349 e. The molecule has 2 aromatic heterocycles. The molecule has 0 unspecified atom stereocenters. The van der Waals surface area contributed by atoms with Gasteiger partial charge >= 0.3 is 5.97 Å². The van der Waals surface area contributed by atoms with E-state index in [-0.39, 0.29) is 23.1 Å². The number of carboxylic acid groups (broad SMARTS) is 1. The van der Waals surface area contributed by atoms with E-state index in [0.717, 1.165) is 16.9 Å². The molecule has 1 N–H and O–H groups in total. The first-order valence-electron chi connectivity index (χ1n) is 5.76. The van der Waals surface area contributed by atoms with E-state index < -0.39 is 5.97 Å². The van der Waals surface area contributed by atoms with Crippen LogP contribution in [0.25, 0.3) is 0 Å². The maximum absolute atomic E-state index is 11.9. The first-order chi connectivity index (χ1) is 9.58. The van der Waals surface area contributed by atoms with Crippen LogP contribution in [0.5, 0.6) is 5.75 Å². The van der Waals surface area contributed by atoms with Gasteiger partial charge in [0.2, 0.25) is 0 Å². The average Bonchev–Trinajstić information content (AvgIpc) is 3.06. The summed E-state index contributed by atoms with van der Waals surface area (Å²) in [6, 6.07) is 3.51. The average molecular weight is 311 g/mol. The Balaban J connectivity index is 1.88. The summed E-state index contributed by atoms with van der Waals surface area (Å²) in [6.07, 6.45) is 0. The van der Waals surface area contributed by atoms with Crippen LogP contribution < -0.4 is 4.74 Å². The molecule has 106 valence electrons. The van der Waals surface area contributed by atoms with E-state index in [0.29, 0.717) is 6.54 Å². The summed E-state index contributed by atoms with van der Waals surface area (Å²) in [5.74, 6) is -1.01. The molecule has 2 heterocycles. The molecule has 5 nitrogen and oxygen atoms in total. The van der Waals surface area contributed by atoms with Gasteiger partial charge in [-0.3, -0.25) is 4.79 Å². The highest BCUT2D eigenvalue weighted by Crippen LogP contribution is 2.24. The Morgan fingerprint density at radius 3 is 2.80 bits per heavy atom. The van der Waals surface area contributed by atoms with Crippen LogP contribution in [0, 0.1) is 0 Å². The number of rotatable bonds is 6. The standard InChI is InChI=1S/C13H13NO4S2/c1-14(6-9-2-4-19-8-9)11(15)7-18-10-3-5-20-12(10)13(16)17/h2-5,8H,6-7H2,1H3,(H,16,17). The lowest BCUT2D eigenvalue weighted by molar-refractivity contribution is -0.132. The number of carboxylic acids is 1. The van der Waals surface area contributed by atoms with Crippen LogP contribution in [0.4, 0.5) is 0 Å². The molecule has 0 saturated carbocycles. The van der Waals surface area contributed by atoms with Gasteiger partial charge in [0.1, 0.15) is 5.75 Å². The molecule has 7 heteroatoms. The van der Waals surface area contributed by atoms with Gasteiger partial charge in [-0.2, -0.15) is 11.3 Å². The molecule has 0 aliphatic heterocycles. The zero-order valence-electron chi connectivity index (χ0n) is 10.7. The predicted molar refractivity (Wildman–Crippen MR) is 77.6 cm³/mol. The van der Waals surface area contributed by atoms with Gasteiger partial charge in [-0.1, -0.05) is 0 Å². The molecule has 0 atom stereocenters. The number of carbonyl (C=O) groups excluding carboxylic acids is 1. The maximum Gasteiger partial charge on any atom is 0.349 e. The van der Waals surface area contributed by atoms with Crippen molar-refractivity contribution in [3.63, 3.8) is 0 Å². The molecular formula is C13H13NO4S2. The Morgan fingerprint density at radius 1 is 1.35 bits per heavy atom. The Morgan fingerprint density at radius 2 is 2.15 bits per heavy atom. The van der Waals surface area contributed by atoms with Gasteiger partial charge < -0.3 is 14.7 Å². The minimum atomic E-state index is -1.05. The van der Waals surface area contributed by atoms with Gasteiger partial charge in [-0.15, -0.1) is 11.3 Å². The SMILES string of the molecule is CN(Cc1ccsc1)C(=O)COc1ccsc1C(=O)O. The molecule has 1 amide bonds. The van der Waals surface area contributed by atoms with Crippen molar-refractivity contribution in [1.82, 2.24) is 4.90 Å². The van der Waals surface area contributed by atoms with Crippen LogP contribution in [0.15, 0.2) is 28.3 Å². The lowest BCUT2D eigenvalue weighted by Crippen LogP contribution is -2.30. The van der Waals surface area contributed by atoms with Gasteiger partial charge in [-0.25, -0.2) is 4.79 Å². The summed E-state index contributed by atoms with van der Waals surface area (Å²) in [5.41, 5.74) is 1.06. The first kappa shape index (κ1) is 14.5. The molecule has 0 aliphatic carbocycles. The third kappa shape index (κ3) is 3.58. The summed E-state index contributed by atoms with van der Waals surface area (Å²) < 4.78 is 5.28. The zero-order chi connectivity index (χ0) is 14.5. The van der Waals surface area contributed by atoms with Crippen molar-refractivity contribution in [3.8, 4) is 5.75 Å². The van der Waals surface area contributed by atoms with E-state index in [1.54, 1.807) is 34.7 Å². The van der Waals surface area contributed by atoms with Crippen molar-refractivity contribution in [2.45, 2.75) is 6.54 Å². The van der Waals surface area contributed by atoms with Crippen molar-refractivity contribution in [3.05, 3.63) is 38.7 Å². The first-order valence-corrected chi connectivity index (χ1v) is 7.59. The summed E-state index contributed by atoms with van der Waals surface area (Å²) in [4.78, 5) is 24.5. The normalized spacial score (nSPS) is 10.2. The van der Waals surface area contributed by atoms with Gasteiger partial charge in [0.05, 0.1) is 0 Å². The Bertz CT molecular complexity index is 591. The number of carbonyl (C=O) groups is 2. The lowest BCUT2D eigenvalue weighted by Gasteiger charge is -2.16. The molecule has 20 heavy (non-hydrogen) atoms. The highest BCUT2D eigenvalue weighted by Gasteiger charge is 2.16. The van der Waals surface area contributed by atoms with Crippen LogP contribution in [0.2, 0.25) is 0 Å². The van der Waals surface area contributed by atoms with E-state index in [1.807, 2.05) is 16.8 Å². The van der Waals surface area contributed by atoms with Crippen LogP contribution >= 0.6 is 22.7 Å². The monoisotopic (exact) mass is 311 g/mol. The summed E-state index contributed by atoms with van der Waals surface area (Å²) >= 11 is 2.65. The number of amides is 1. The fraction of sp³-hybridized carbons (Fsp3) is 0.231. The second kappa shape index (κ2) is 6.53. The third-order valence-electron chi connectivity index (χ3n) is 2.60. The minimum Gasteiger partial charge on any atom is -0.482 e. The summed E-state index contributed by atoms with van der Waals surface area (Å²) in [6.45, 7) is 0.346. The van der Waals surface area contributed by atoms with Crippen LogP contribution in [-0.2, 0) is 11.3 Å². The Kier molecular flexibility index (Phi) is 4.75. The number of thiophene rings is 2. The fourth-order valence-electron chi connectivity index (χ4n) is 1.56. The van der Waals surface area contributed by atoms with E-state index >= 15 is 0 Å². The number of ether oxygens (including phenoxy) is 1. The van der Waals surface area contributed by atoms with E-state index in [4.69, 9.17) is 9.84 Å². The molecule has 2 aromatic rings. The maximum atomic E-state index is 11.9. The number of aromatic carboxylic acids is 1. The third-order valence-corrected chi connectivity index (χ3v) is 4.22. The topological polar surface area (TPSA) is 66.8 Å². The quantitative estimate of drug-likeness (QED) is 0.890. The Hall–Kier alpha value is -1.86. The number of hydrogen-bond donors (Lipinski definition) is 1. The van der Waals surface area contributed by atoms with Crippen molar-refractivity contribution in [1.29, 1.82) is 0 Å². The van der Waals surface area contributed by atoms with Crippen LogP contribution in [0.3, 0.4) is 0 Å². The van der Waals surface area contributed by atoms with E-state index in [9.17, 15) is 9.59 Å². The molecule has 0 spiro atoms. The predicted octanol–water partition coefficient (Wildman–Crippen LogP) is 2.55. The molecule has 0 saturated heterocycles. The minimum absolute atomic E-state index is 0.110. The van der Waals surface area contributed by atoms with Crippen molar-refractivity contribution in [2.24, 2.45) is 0 Å². The Labute approximate surface area is 124 Å². The molecular weight excluding hydrogens is 298 g/mol. The number of nitrogens with zero attached hydrogens (tertiary/aromatic N) is 1. The number of likely N-dealkylation sites (N-methyl/N-ethyl adjacent to an activating group) is 1. The van der Waals surface area contributed by atoms with E-state index in [1.165, 1.54) is 0 Å². The second-order valence-corrected chi connectivity index (χ2v) is 5.79. The highest BCUT2D eigenvalue weighted by atomic mass is 32.1.